The van der Waals surface area contributed by atoms with Crippen LogP contribution in [0, 0.1) is 15.9 Å². The van der Waals surface area contributed by atoms with Gasteiger partial charge in [0, 0.05) is 28.9 Å². The summed E-state index contributed by atoms with van der Waals surface area (Å²) < 4.78 is 15.9. The van der Waals surface area contributed by atoms with Gasteiger partial charge < -0.3 is 4.57 Å². The Balaban J connectivity index is 2.48. The Bertz CT molecular complexity index is 1030. The summed E-state index contributed by atoms with van der Waals surface area (Å²) in [6, 6.07) is 16.4. The maximum absolute atomic E-state index is 13.6. The lowest BCUT2D eigenvalue weighted by Gasteiger charge is -2.20. The number of hydrogen-bond acceptors (Lipinski definition) is 2. The predicted molar refractivity (Wildman–Crippen MR) is 116 cm³/mol. The molecule has 150 valence electrons. The molecule has 0 atom stereocenters. The lowest BCUT2D eigenvalue weighted by atomic mass is 9.95. The van der Waals surface area contributed by atoms with E-state index in [1.165, 1.54) is 12.1 Å². The van der Waals surface area contributed by atoms with Crippen molar-refractivity contribution in [1.82, 2.24) is 4.57 Å². The molecule has 0 saturated heterocycles. The summed E-state index contributed by atoms with van der Waals surface area (Å²) in [7, 11) is 0. The zero-order valence-corrected chi connectivity index (χ0v) is 17.1. The fourth-order valence-electron chi connectivity index (χ4n) is 3.84. The van der Waals surface area contributed by atoms with Gasteiger partial charge in [0.2, 0.25) is 6.20 Å². The first-order chi connectivity index (χ1) is 13.8. The minimum Gasteiger partial charge on any atom is -0.341 e. The molecule has 0 N–H and O–H groups in total. The van der Waals surface area contributed by atoms with Crippen LogP contribution in [0.2, 0.25) is 0 Å². The molecule has 2 aromatic carbocycles. The number of aromatic nitrogens is 1. The van der Waals surface area contributed by atoms with Crippen molar-refractivity contribution in [3.8, 4) is 22.4 Å². The molecule has 0 fully saturated rings. The molecule has 0 spiro atoms. The fraction of sp³-hybridized carbons (Fsp3) is 0.250. The average molecular weight is 392 g/mol. The Hall–Kier alpha value is -3.21. The molecule has 4 nitrogen and oxygen atoms in total. The third-order valence-electron chi connectivity index (χ3n) is 4.89. The average Bonchev–Trinajstić information content (AvgIpc) is 3.03. The number of benzene rings is 2. The number of rotatable bonds is 6. The number of nitrogens with zero attached hydrogens (tertiary/aromatic N) is 2. The maximum Gasteiger partial charge on any atom is 0.235 e. The molecule has 1 aromatic heterocycles. The Kier molecular flexibility index (Phi) is 5.97. The van der Waals surface area contributed by atoms with Gasteiger partial charge in [0.05, 0.1) is 10.6 Å². The molecule has 0 bridgehead atoms. The van der Waals surface area contributed by atoms with Crippen molar-refractivity contribution in [3.63, 3.8) is 0 Å². The molecule has 5 heteroatoms. The second-order valence-corrected chi connectivity index (χ2v) is 7.61. The summed E-state index contributed by atoms with van der Waals surface area (Å²) in [5.74, 6) is -0.176. The summed E-state index contributed by atoms with van der Waals surface area (Å²) >= 11 is 0. The Labute approximate surface area is 170 Å². The summed E-state index contributed by atoms with van der Waals surface area (Å²) in [4.78, 5) is 10.7. The summed E-state index contributed by atoms with van der Waals surface area (Å²) in [5, 5.41) is 11.1. The van der Waals surface area contributed by atoms with Crippen molar-refractivity contribution in [1.29, 1.82) is 0 Å². The van der Waals surface area contributed by atoms with Crippen molar-refractivity contribution < 1.29 is 9.31 Å². The molecule has 0 amide bonds. The van der Waals surface area contributed by atoms with Crippen LogP contribution < -0.4 is 0 Å². The highest BCUT2D eigenvalue weighted by Gasteiger charge is 2.26. The smallest absolute Gasteiger partial charge is 0.235 e. The van der Waals surface area contributed by atoms with Gasteiger partial charge in [-0.1, -0.05) is 56.3 Å². The van der Waals surface area contributed by atoms with E-state index in [0.717, 1.165) is 39.8 Å². The number of nitro groups is 1. The summed E-state index contributed by atoms with van der Waals surface area (Å²) in [5.41, 5.74) is 5.54. The van der Waals surface area contributed by atoms with Gasteiger partial charge in [-0.25, -0.2) is 4.39 Å². The minimum atomic E-state index is -0.451. The van der Waals surface area contributed by atoms with Gasteiger partial charge in [-0.2, -0.15) is 0 Å². The Morgan fingerprint density at radius 3 is 2.10 bits per heavy atom. The molecular formula is C24H25FN2O2. The van der Waals surface area contributed by atoms with Crippen LogP contribution in [0.3, 0.4) is 0 Å². The Morgan fingerprint density at radius 1 is 0.966 bits per heavy atom. The molecule has 0 aliphatic carbocycles. The number of halogens is 1. The van der Waals surface area contributed by atoms with E-state index < -0.39 is 4.92 Å². The topological polar surface area (TPSA) is 48.1 Å². The summed E-state index contributed by atoms with van der Waals surface area (Å²) in [6.07, 6.45) is 2.55. The van der Waals surface area contributed by atoms with Crippen LogP contribution in [0.25, 0.3) is 28.5 Å². The van der Waals surface area contributed by atoms with E-state index in [0.29, 0.717) is 0 Å². The van der Waals surface area contributed by atoms with Crippen LogP contribution >= 0.6 is 0 Å². The van der Waals surface area contributed by atoms with Gasteiger partial charge in [-0.15, -0.1) is 0 Å². The van der Waals surface area contributed by atoms with E-state index in [-0.39, 0.29) is 17.8 Å². The van der Waals surface area contributed by atoms with Crippen LogP contribution in [0.1, 0.15) is 50.9 Å². The fourth-order valence-corrected chi connectivity index (χ4v) is 3.84. The lowest BCUT2D eigenvalue weighted by molar-refractivity contribution is -0.400. The van der Waals surface area contributed by atoms with Crippen molar-refractivity contribution in [2.75, 3.05) is 0 Å². The monoisotopic (exact) mass is 392 g/mol. The Morgan fingerprint density at radius 2 is 1.59 bits per heavy atom. The lowest BCUT2D eigenvalue weighted by Crippen LogP contribution is -2.09. The van der Waals surface area contributed by atoms with Gasteiger partial charge in [0.1, 0.15) is 5.82 Å². The van der Waals surface area contributed by atoms with Crippen molar-refractivity contribution >= 4 is 6.08 Å². The van der Waals surface area contributed by atoms with Crippen LogP contribution in [0.4, 0.5) is 4.39 Å². The molecule has 0 radical (unpaired) electrons. The minimum absolute atomic E-state index is 0.138. The first-order valence-electron chi connectivity index (χ1n) is 9.72. The normalized spacial score (nSPS) is 11.7. The molecule has 3 rings (SSSR count). The zero-order valence-electron chi connectivity index (χ0n) is 17.1. The highest BCUT2D eigenvalue weighted by molar-refractivity contribution is 5.90. The van der Waals surface area contributed by atoms with E-state index in [9.17, 15) is 14.5 Å². The third kappa shape index (κ3) is 4.14. The molecule has 0 unspecified atom stereocenters. The quantitative estimate of drug-likeness (QED) is 0.338. The first-order valence-corrected chi connectivity index (χ1v) is 9.72. The van der Waals surface area contributed by atoms with Crippen LogP contribution in [-0.4, -0.2) is 9.49 Å². The van der Waals surface area contributed by atoms with Gasteiger partial charge >= 0.3 is 0 Å². The molecule has 0 saturated carbocycles. The van der Waals surface area contributed by atoms with Crippen molar-refractivity contribution in [2.45, 2.75) is 39.7 Å². The highest BCUT2D eigenvalue weighted by Crippen LogP contribution is 2.44. The van der Waals surface area contributed by atoms with Crippen LogP contribution in [-0.2, 0) is 0 Å². The van der Waals surface area contributed by atoms with Gasteiger partial charge in [0.15, 0.2) is 0 Å². The second-order valence-electron chi connectivity index (χ2n) is 7.61. The summed E-state index contributed by atoms with van der Waals surface area (Å²) in [6.45, 7) is 8.38. The van der Waals surface area contributed by atoms with Gasteiger partial charge in [0.25, 0.3) is 0 Å². The second kappa shape index (κ2) is 8.43. The molecular weight excluding hydrogens is 367 g/mol. The van der Waals surface area contributed by atoms with Gasteiger partial charge in [-0.05, 0) is 43.0 Å². The first kappa shape index (κ1) is 20.5. The number of hydrogen-bond donors (Lipinski definition) is 0. The van der Waals surface area contributed by atoms with Crippen LogP contribution in [0.15, 0.2) is 60.8 Å². The third-order valence-corrected chi connectivity index (χ3v) is 4.89. The predicted octanol–water partition coefficient (Wildman–Crippen LogP) is 6.91. The standard InChI is InChI=1S/C24H25FN2O2/c1-16(2)23-21(14-15-26(28)29)22(18-10-12-20(25)13-11-18)24(27(23)17(3)4)19-8-6-5-7-9-19/h5-17H,1-4H3/b15-14+. The SMILES string of the molecule is CC(C)c1c(/C=C/[N+](=O)[O-])c(-c2ccc(F)cc2)c(-c2ccccc2)n1C(C)C. The molecule has 0 aliphatic heterocycles. The van der Waals surface area contributed by atoms with Crippen molar-refractivity contribution in [3.05, 3.63) is 88.0 Å². The molecule has 1 heterocycles. The van der Waals surface area contributed by atoms with E-state index >= 15 is 0 Å². The van der Waals surface area contributed by atoms with Crippen LogP contribution in [0.5, 0.6) is 0 Å². The van der Waals surface area contributed by atoms with E-state index in [2.05, 4.69) is 32.3 Å². The molecule has 29 heavy (non-hydrogen) atoms. The molecule has 3 aromatic rings. The van der Waals surface area contributed by atoms with Crippen molar-refractivity contribution in [2.24, 2.45) is 0 Å². The van der Waals surface area contributed by atoms with E-state index in [1.54, 1.807) is 18.2 Å². The molecule has 0 aliphatic rings. The highest BCUT2D eigenvalue weighted by atomic mass is 19.1. The van der Waals surface area contributed by atoms with E-state index in [1.807, 2.05) is 30.3 Å². The van der Waals surface area contributed by atoms with E-state index in [4.69, 9.17) is 0 Å². The van der Waals surface area contributed by atoms with Gasteiger partial charge in [-0.3, -0.25) is 10.1 Å². The largest absolute Gasteiger partial charge is 0.341 e. The zero-order chi connectivity index (χ0) is 21.1. The maximum atomic E-state index is 13.6.